The zero-order valence-corrected chi connectivity index (χ0v) is 12.5. The third-order valence-electron chi connectivity index (χ3n) is 3.36. The Hall–Kier alpha value is -3.10. The minimum atomic E-state index is -0.642. The number of rotatable bonds is 2. The summed E-state index contributed by atoms with van der Waals surface area (Å²) in [5, 5.41) is 15.1. The predicted molar refractivity (Wildman–Crippen MR) is 87.7 cm³/mol. The van der Waals surface area contributed by atoms with Crippen molar-refractivity contribution in [2.75, 3.05) is 10.6 Å². The lowest BCUT2D eigenvalue weighted by Crippen LogP contribution is -2.17. The number of fused-ring (bicyclic) bond motifs is 1. The van der Waals surface area contributed by atoms with E-state index in [1.807, 2.05) is 6.07 Å². The molecule has 0 aromatic heterocycles. The number of benzene rings is 2. The van der Waals surface area contributed by atoms with Gasteiger partial charge in [0, 0.05) is 22.0 Å². The molecular weight excluding hydrogens is 314 g/mol. The van der Waals surface area contributed by atoms with Gasteiger partial charge in [0.2, 0.25) is 0 Å². The van der Waals surface area contributed by atoms with Crippen LogP contribution in [0.5, 0.6) is 0 Å². The molecule has 23 heavy (non-hydrogen) atoms. The van der Waals surface area contributed by atoms with E-state index >= 15 is 0 Å². The van der Waals surface area contributed by atoms with Crippen molar-refractivity contribution in [1.82, 2.24) is 0 Å². The zero-order chi connectivity index (χ0) is 16.4. The Labute approximate surface area is 137 Å². The molecule has 0 aliphatic carbocycles. The summed E-state index contributed by atoms with van der Waals surface area (Å²) in [5.41, 5.74) is 1.45. The third kappa shape index (κ3) is 2.80. The summed E-state index contributed by atoms with van der Waals surface area (Å²) < 4.78 is 0. The molecule has 0 saturated heterocycles. The van der Waals surface area contributed by atoms with Gasteiger partial charge in [-0.25, -0.2) is 0 Å². The minimum Gasteiger partial charge on any atom is -0.321 e. The van der Waals surface area contributed by atoms with Crippen LogP contribution < -0.4 is 10.6 Å². The molecule has 0 saturated carbocycles. The first-order chi connectivity index (χ1) is 11.1. The van der Waals surface area contributed by atoms with E-state index < -0.39 is 11.8 Å². The van der Waals surface area contributed by atoms with Crippen LogP contribution in [0, 0.1) is 11.3 Å². The highest BCUT2D eigenvalue weighted by molar-refractivity contribution is 6.37. The number of para-hydroxylation sites is 1. The quantitative estimate of drug-likeness (QED) is 0.657. The van der Waals surface area contributed by atoms with Crippen molar-refractivity contribution in [3.8, 4) is 6.07 Å². The van der Waals surface area contributed by atoms with Crippen molar-refractivity contribution in [3.63, 3.8) is 0 Å². The van der Waals surface area contributed by atoms with Crippen LogP contribution in [-0.2, 0) is 9.59 Å². The fraction of sp³-hybridized carbons (Fsp3) is 0. The molecule has 0 radical (unpaired) electrons. The highest BCUT2D eigenvalue weighted by Gasteiger charge is 2.30. The zero-order valence-electron chi connectivity index (χ0n) is 11.8. The van der Waals surface area contributed by atoms with Crippen molar-refractivity contribution in [2.45, 2.75) is 0 Å². The summed E-state index contributed by atoms with van der Waals surface area (Å²) in [6.45, 7) is 0. The maximum Gasteiger partial charge on any atom is 0.267 e. The Bertz CT molecular complexity index is 879. The molecule has 0 atom stereocenters. The number of amides is 2. The van der Waals surface area contributed by atoms with Crippen molar-refractivity contribution in [3.05, 3.63) is 64.7 Å². The van der Waals surface area contributed by atoms with Gasteiger partial charge in [-0.15, -0.1) is 0 Å². The molecule has 3 rings (SSSR count). The van der Waals surface area contributed by atoms with Crippen molar-refractivity contribution in [2.24, 2.45) is 0 Å². The van der Waals surface area contributed by atoms with Crippen LogP contribution in [0.15, 0.2) is 54.1 Å². The predicted octanol–water partition coefficient (Wildman–Crippen LogP) is 3.21. The maximum atomic E-state index is 12.4. The molecule has 0 fully saturated rings. The molecule has 2 amide bonds. The van der Waals surface area contributed by atoms with Gasteiger partial charge in [0.1, 0.15) is 11.6 Å². The van der Waals surface area contributed by atoms with Crippen LogP contribution in [0.1, 0.15) is 5.56 Å². The fourth-order valence-corrected chi connectivity index (χ4v) is 2.44. The molecule has 0 bridgehead atoms. The van der Waals surface area contributed by atoms with E-state index in [1.54, 1.807) is 48.5 Å². The molecule has 1 heterocycles. The van der Waals surface area contributed by atoms with Gasteiger partial charge in [-0.1, -0.05) is 29.8 Å². The Morgan fingerprint density at radius 1 is 1.13 bits per heavy atom. The lowest BCUT2D eigenvalue weighted by molar-refractivity contribution is -0.113. The van der Waals surface area contributed by atoms with Gasteiger partial charge in [-0.3, -0.25) is 9.59 Å². The number of hydrogen-bond donors (Lipinski definition) is 2. The summed E-state index contributed by atoms with van der Waals surface area (Å²) in [4.78, 5) is 24.5. The lowest BCUT2D eigenvalue weighted by Gasteiger charge is -2.06. The van der Waals surface area contributed by atoms with Gasteiger partial charge in [-0.2, -0.15) is 5.26 Å². The second-order valence-corrected chi connectivity index (χ2v) is 5.26. The molecule has 1 aliphatic rings. The number of hydrogen-bond acceptors (Lipinski definition) is 3. The Balaban J connectivity index is 1.99. The van der Waals surface area contributed by atoms with Gasteiger partial charge < -0.3 is 10.6 Å². The molecule has 112 valence electrons. The number of nitrogens with one attached hydrogen (secondary N) is 2. The molecule has 0 spiro atoms. The second-order valence-electron chi connectivity index (χ2n) is 4.82. The third-order valence-corrected chi connectivity index (χ3v) is 3.61. The molecule has 1 aliphatic heterocycles. The van der Waals surface area contributed by atoms with Gasteiger partial charge in [0.05, 0.1) is 5.57 Å². The van der Waals surface area contributed by atoms with Gasteiger partial charge in [0.15, 0.2) is 0 Å². The topological polar surface area (TPSA) is 82.0 Å². The van der Waals surface area contributed by atoms with Gasteiger partial charge in [-0.05, 0) is 30.3 Å². The summed E-state index contributed by atoms with van der Waals surface area (Å²) in [5.74, 6) is -1.11. The number of nitriles is 1. The standard InChI is InChI=1S/C17H10ClN3O2/c18-10-5-7-11(8-6-10)20-16(22)13(9-19)15-12-3-1-2-4-14(12)21-17(15)23/h1-8H,(H,20,22)(H,21,23)/b15-13-. The fourth-order valence-electron chi connectivity index (χ4n) is 2.31. The molecule has 2 aromatic carbocycles. The summed E-state index contributed by atoms with van der Waals surface area (Å²) in [6.07, 6.45) is 0. The summed E-state index contributed by atoms with van der Waals surface area (Å²) in [7, 11) is 0. The van der Waals surface area contributed by atoms with Crippen molar-refractivity contribution < 1.29 is 9.59 Å². The van der Waals surface area contributed by atoms with Crippen molar-refractivity contribution in [1.29, 1.82) is 5.26 Å². The van der Waals surface area contributed by atoms with E-state index in [4.69, 9.17) is 11.6 Å². The van der Waals surface area contributed by atoms with Gasteiger partial charge in [0.25, 0.3) is 11.8 Å². The number of carbonyl (C=O) groups excluding carboxylic acids is 2. The normalized spacial score (nSPS) is 14.5. The number of nitrogens with zero attached hydrogens (tertiary/aromatic N) is 1. The van der Waals surface area contributed by atoms with Crippen LogP contribution in [0.4, 0.5) is 11.4 Å². The lowest BCUT2D eigenvalue weighted by atomic mass is 10.0. The molecular formula is C17H10ClN3O2. The first-order valence-corrected chi connectivity index (χ1v) is 7.10. The van der Waals surface area contributed by atoms with Crippen molar-refractivity contribution >= 4 is 40.4 Å². The second kappa shape index (κ2) is 5.95. The van der Waals surface area contributed by atoms with Crippen LogP contribution >= 0.6 is 11.6 Å². The van der Waals surface area contributed by atoms with Crippen LogP contribution in [0.25, 0.3) is 5.57 Å². The van der Waals surface area contributed by atoms with E-state index in [-0.39, 0.29) is 11.1 Å². The van der Waals surface area contributed by atoms with Gasteiger partial charge >= 0.3 is 0 Å². The smallest absolute Gasteiger partial charge is 0.267 e. The van der Waals surface area contributed by atoms with E-state index in [0.29, 0.717) is 22.0 Å². The minimum absolute atomic E-state index is 0.0783. The summed E-state index contributed by atoms with van der Waals surface area (Å²) >= 11 is 5.79. The van der Waals surface area contributed by atoms with Crippen LogP contribution in [0.2, 0.25) is 5.02 Å². The largest absolute Gasteiger partial charge is 0.321 e. The van der Waals surface area contributed by atoms with E-state index in [1.165, 1.54) is 0 Å². The molecule has 2 N–H and O–H groups in total. The van der Waals surface area contributed by atoms with Crippen LogP contribution in [0.3, 0.4) is 0 Å². The number of anilines is 2. The first-order valence-electron chi connectivity index (χ1n) is 6.72. The summed E-state index contributed by atoms with van der Waals surface area (Å²) in [6, 6.07) is 15.2. The highest BCUT2D eigenvalue weighted by Crippen LogP contribution is 2.33. The molecule has 0 unspecified atom stereocenters. The monoisotopic (exact) mass is 323 g/mol. The average molecular weight is 324 g/mol. The Morgan fingerprint density at radius 2 is 1.83 bits per heavy atom. The molecule has 6 heteroatoms. The van der Waals surface area contributed by atoms with E-state index in [2.05, 4.69) is 10.6 Å². The highest BCUT2D eigenvalue weighted by atomic mass is 35.5. The number of carbonyl (C=O) groups is 2. The van der Waals surface area contributed by atoms with E-state index in [9.17, 15) is 14.9 Å². The number of halogens is 1. The molecule has 2 aromatic rings. The Morgan fingerprint density at radius 3 is 2.52 bits per heavy atom. The van der Waals surface area contributed by atoms with Crippen LogP contribution in [-0.4, -0.2) is 11.8 Å². The molecule has 5 nitrogen and oxygen atoms in total. The maximum absolute atomic E-state index is 12.4. The van der Waals surface area contributed by atoms with E-state index in [0.717, 1.165) is 0 Å². The first kappa shape index (κ1) is 14.8. The average Bonchev–Trinajstić information content (AvgIpc) is 2.87. The SMILES string of the molecule is N#C/C(C(=O)Nc1ccc(Cl)cc1)=C1/C(=O)Nc2ccccc21. The Kier molecular flexibility index (Phi) is 3.83.